The van der Waals surface area contributed by atoms with Crippen LogP contribution in [0.3, 0.4) is 0 Å². The molecule has 0 saturated carbocycles. The molecule has 1 atom stereocenters. The van der Waals surface area contributed by atoms with Crippen LogP contribution in [-0.4, -0.2) is 48.1 Å². The van der Waals surface area contributed by atoms with Gasteiger partial charge >= 0.3 is 6.03 Å². The van der Waals surface area contributed by atoms with E-state index in [1.807, 2.05) is 4.90 Å². The summed E-state index contributed by atoms with van der Waals surface area (Å²) in [6.07, 6.45) is 0. The fourth-order valence-electron chi connectivity index (χ4n) is 2.70. The molecule has 4 nitrogen and oxygen atoms in total. The molecule has 19 heavy (non-hydrogen) atoms. The Bertz CT molecular complexity index is 511. The number of fused-ring (bicyclic) bond motifs is 1. The van der Waals surface area contributed by atoms with Crippen molar-refractivity contribution in [3.63, 3.8) is 0 Å². The van der Waals surface area contributed by atoms with Gasteiger partial charge in [-0.05, 0) is 11.6 Å². The average Bonchev–Trinajstić information content (AvgIpc) is 2.73. The monoisotopic (exact) mass is 283 g/mol. The van der Waals surface area contributed by atoms with E-state index >= 15 is 0 Å². The largest absolute Gasteiger partial charge is 0.320 e. The van der Waals surface area contributed by atoms with Gasteiger partial charge in [-0.2, -0.15) is 0 Å². The quantitative estimate of drug-likeness (QED) is 0.896. The van der Waals surface area contributed by atoms with Crippen molar-refractivity contribution in [1.82, 2.24) is 15.1 Å². The average molecular weight is 284 g/mol. The first-order chi connectivity index (χ1) is 9.16. The first kappa shape index (κ1) is 12.7. The van der Waals surface area contributed by atoms with E-state index in [0.29, 0.717) is 18.7 Å². The Morgan fingerprint density at radius 1 is 1.47 bits per heavy atom. The van der Waals surface area contributed by atoms with E-state index < -0.39 is 5.82 Å². The Morgan fingerprint density at radius 3 is 3.11 bits per heavy atom. The van der Waals surface area contributed by atoms with E-state index in [9.17, 15) is 9.18 Å². The zero-order valence-electron chi connectivity index (χ0n) is 10.4. The molecule has 1 aromatic rings. The van der Waals surface area contributed by atoms with Gasteiger partial charge in [0.2, 0.25) is 0 Å². The van der Waals surface area contributed by atoms with Gasteiger partial charge in [0.1, 0.15) is 5.82 Å². The van der Waals surface area contributed by atoms with Crippen LogP contribution in [0.5, 0.6) is 0 Å². The van der Waals surface area contributed by atoms with Crippen LogP contribution in [0.4, 0.5) is 9.18 Å². The van der Waals surface area contributed by atoms with Crippen molar-refractivity contribution in [3.8, 4) is 0 Å². The highest BCUT2D eigenvalue weighted by molar-refractivity contribution is 6.31. The third-order valence-electron chi connectivity index (χ3n) is 3.69. The molecule has 1 aromatic carbocycles. The fraction of sp³-hybridized carbons (Fsp3) is 0.462. The van der Waals surface area contributed by atoms with Crippen molar-refractivity contribution in [2.45, 2.75) is 12.6 Å². The number of urea groups is 1. The molecular weight excluding hydrogens is 269 g/mol. The minimum absolute atomic E-state index is 0.0202. The summed E-state index contributed by atoms with van der Waals surface area (Å²) in [5, 5.41) is 3.38. The lowest BCUT2D eigenvalue weighted by atomic mass is 10.2. The van der Waals surface area contributed by atoms with Crippen molar-refractivity contribution < 1.29 is 9.18 Å². The molecule has 6 heteroatoms. The lowest BCUT2D eigenvalue weighted by Crippen LogP contribution is -2.49. The molecule has 102 valence electrons. The summed E-state index contributed by atoms with van der Waals surface area (Å²) in [6, 6.07) is 4.94. The minimum Gasteiger partial charge on any atom is -0.318 e. The van der Waals surface area contributed by atoms with E-state index in [-0.39, 0.29) is 17.1 Å². The van der Waals surface area contributed by atoms with E-state index in [0.717, 1.165) is 19.6 Å². The normalized spacial score (nSPS) is 22.8. The van der Waals surface area contributed by atoms with Crippen LogP contribution < -0.4 is 5.32 Å². The summed E-state index contributed by atoms with van der Waals surface area (Å²) in [4.78, 5) is 15.8. The number of halogens is 2. The van der Waals surface area contributed by atoms with Gasteiger partial charge in [0.15, 0.2) is 0 Å². The second-order valence-corrected chi connectivity index (χ2v) is 5.31. The highest BCUT2D eigenvalue weighted by Gasteiger charge is 2.38. The summed E-state index contributed by atoms with van der Waals surface area (Å²) in [7, 11) is 0. The van der Waals surface area contributed by atoms with Crippen molar-refractivity contribution in [3.05, 3.63) is 34.6 Å². The molecular formula is C13H15ClFN3O. The van der Waals surface area contributed by atoms with Gasteiger partial charge in [-0.25, -0.2) is 9.18 Å². The number of hydrogen-bond donors (Lipinski definition) is 1. The van der Waals surface area contributed by atoms with Crippen molar-refractivity contribution >= 4 is 17.6 Å². The maximum Gasteiger partial charge on any atom is 0.320 e. The molecule has 0 spiro atoms. The minimum atomic E-state index is -0.440. The second kappa shape index (κ2) is 4.98. The van der Waals surface area contributed by atoms with Gasteiger partial charge in [-0.1, -0.05) is 23.7 Å². The molecule has 0 aliphatic carbocycles. The molecule has 0 radical (unpaired) electrons. The summed E-state index contributed by atoms with van der Waals surface area (Å²) in [5.41, 5.74) is 0.655. The number of nitrogens with zero attached hydrogens (tertiary/aromatic N) is 2. The maximum atomic E-state index is 13.4. The summed E-state index contributed by atoms with van der Waals surface area (Å²) in [5.74, 6) is -0.440. The number of carbonyl (C=O) groups excluding carboxylic acids is 1. The molecule has 2 saturated heterocycles. The first-order valence-electron chi connectivity index (χ1n) is 6.36. The number of benzene rings is 1. The topological polar surface area (TPSA) is 35.6 Å². The number of amides is 2. The number of piperazine rings is 1. The Morgan fingerprint density at radius 2 is 2.32 bits per heavy atom. The molecule has 2 heterocycles. The van der Waals surface area contributed by atoms with Gasteiger partial charge < -0.3 is 15.1 Å². The van der Waals surface area contributed by atoms with E-state index in [4.69, 9.17) is 11.6 Å². The Labute approximate surface area is 116 Å². The molecule has 0 bridgehead atoms. The SMILES string of the molecule is O=C1N(Cc2cccc(F)c2Cl)CC2CNCCN12. The molecule has 3 rings (SSSR count). The predicted molar refractivity (Wildman–Crippen MR) is 70.6 cm³/mol. The van der Waals surface area contributed by atoms with Crippen LogP contribution in [0.25, 0.3) is 0 Å². The molecule has 0 aromatic heterocycles. The highest BCUT2D eigenvalue weighted by atomic mass is 35.5. The first-order valence-corrected chi connectivity index (χ1v) is 6.74. The van der Waals surface area contributed by atoms with Gasteiger partial charge in [0.25, 0.3) is 0 Å². The predicted octanol–water partition coefficient (Wildman–Crippen LogP) is 1.69. The maximum absolute atomic E-state index is 13.4. The summed E-state index contributed by atoms with van der Waals surface area (Å²) >= 11 is 5.93. The number of carbonyl (C=O) groups is 1. The van der Waals surface area contributed by atoms with Crippen LogP contribution >= 0.6 is 11.6 Å². The zero-order valence-corrected chi connectivity index (χ0v) is 11.2. The third kappa shape index (κ3) is 2.28. The van der Waals surface area contributed by atoms with E-state index in [1.165, 1.54) is 6.07 Å². The standard InChI is InChI=1S/C13H15ClFN3O/c14-12-9(2-1-3-11(12)15)7-17-8-10-6-16-4-5-18(10)13(17)19/h1-3,10,16H,4-8H2. The Kier molecular flexibility index (Phi) is 3.33. The zero-order chi connectivity index (χ0) is 13.4. The van der Waals surface area contributed by atoms with Crippen LogP contribution in [0.1, 0.15) is 5.56 Å². The van der Waals surface area contributed by atoms with Crippen molar-refractivity contribution in [2.75, 3.05) is 26.2 Å². The van der Waals surface area contributed by atoms with Crippen LogP contribution in [0, 0.1) is 5.82 Å². The Balaban J connectivity index is 1.77. The smallest absolute Gasteiger partial charge is 0.318 e. The van der Waals surface area contributed by atoms with Crippen LogP contribution in [0.15, 0.2) is 18.2 Å². The summed E-state index contributed by atoms with van der Waals surface area (Å²) in [6.45, 7) is 3.41. The number of rotatable bonds is 2. The highest BCUT2D eigenvalue weighted by Crippen LogP contribution is 2.24. The van der Waals surface area contributed by atoms with Crippen molar-refractivity contribution in [2.24, 2.45) is 0 Å². The van der Waals surface area contributed by atoms with E-state index in [1.54, 1.807) is 17.0 Å². The van der Waals surface area contributed by atoms with Crippen LogP contribution in [0.2, 0.25) is 5.02 Å². The second-order valence-electron chi connectivity index (χ2n) is 4.93. The third-order valence-corrected chi connectivity index (χ3v) is 4.11. The lowest BCUT2D eigenvalue weighted by molar-refractivity contribution is 0.178. The Hall–Kier alpha value is -1.33. The molecule has 2 fully saturated rings. The molecule has 2 amide bonds. The van der Waals surface area contributed by atoms with Gasteiger partial charge in [0.05, 0.1) is 11.1 Å². The lowest BCUT2D eigenvalue weighted by Gasteiger charge is -2.28. The molecule has 2 aliphatic heterocycles. The van der Waals surface area contributed by atoms with E-state index in [2.05, 4.69) is 5.32 Å². The number of hydrogen-bond acceptors (Lipinski definition) is 2. The van der Waals surface area contributed by atoms with Gasteiger partial charge in [-0.15, -0.1) is 0 Å². The van der Waals surface area contributed by atoms with Crippen LogP contribution in [-0.2, 0) is 6.54 Å². The fourth-order valence-corrected chi connectivity index (χ4v) is 2.88. The van der Waals surface area contributed by atoms with Gasteiger partial charge in [0, 0.05) is 32.7 Å². The molecule has 1 unspecified atom stereocenters. The molecule has 2 aliphatic rings. The van der Waals surface area contributed by atoms with Gasteiger partial charge in [-0.3, -0.25) is 0 Å². The van der Waals surface area contributed by atoms with Crippen molar-refractivity contribution in [1.29, 1.82) is 0 Å². The summed E-state index contributed by atoms with van der Waals surface area (Å²) < 4.78 is 13.4. The molecule has 1 N–H and O–H groups in total. The number of nitrogens with one attached hydrogen (secondary N) is 1.